The maximum absolute atomic E-state index is 12.4. The van der Waals surface area contributed by atoms with Crippen LogP contribution in [0.3, 0.4) is 0 Å². The lowest BCUT2D eigenvalue weighted by atomic mass is 9.99. The van der Waals surface area contributed by atoms with Crippen LogP contribution < -0.4 is 4.74 Å². The number of rotatable bonds is 6. The Morgan fingerprint density at radius 3 is 2.57 bits per heavy atom. The first-order chi connectivity index (χ1) is 10.1. The van der Waals surface area contributed by atoms with Crippen LogP contribution in [-0.4, -0.2) is 12.4 Å². The van der Waals surface area contributed by atoms with E-state index in [1.807, 2.05) is 30.3 Å². The van der Waals surface area contributed by atoms with Crippen molar-refractivity contribution in [1.29, 1.82) is 0 Å². The largest absolute Gasteiger partial charge is 0.494 e. The summed E-state index contributed by atoms with van der Waals surface area (Å²) in [7, 11) is 0. The second-order valence-corrected chi connectivity index (χ2v) is 5.39. The second kappa shape index (κ2) is 7.07. The summed E-state index contributed by atoms with van der Waals surface area (Å²) in [6.07, 6.45) is 1.39. The van der Waals surface area contributed by atoms with Crippen LogP contribution in [0.2, 0.25) is 0 Å². The third-order valence-electron chi connectivity index (χ3n) is 3.56. The maximum Gasteiger partial charge on any atom is 0.167 e. The van der Waals surface area contributed by atoms with E-state index in [0.717, 1.165) is 17.7 Å². The average Bonchev–Trinajstić information content (AvgIpc) is 2.49. The highest BCUT2D eigenvalue weighted by molar-refractivity contribution is 5.97. The van der Waals surface area contributed by atoms with Gasteiger partial charge in [-0.15, -0.1) is 0 Å². The van der Waals surface area contributed by atoms with E-state index in [1.165, 1.54) is 11.1 Å². The summed E-state index contributed by atoms with van der Waals surface area (Å²) in [5.74, 6) is 0.892. The van der Waals surface area contributed by atoms with E-state index in [1.54, 1.807) is 0 Å². The van der Waals surface area contributed by atoms with E-state index in [-0.39, 0.29) is 5.78 Å². The fourth-order valence-electron chi connectivity index (χ4n) is 2.18. The minimum atomic E-state index is 0.125. The lowest BCUT2D eigenvalue weighted by Crippen LogP contribution is -2.05. The fraction of sp³-hybridized carbons (Fsp3) is 0.316. The molecule has 0 radical (unpaired) electrons. The van der Waals surface area contributed by atoms with Gasteiger partial charge < -0.3 is 4.74 Å². The number of hydrogen-bond donors (Lipinski definition) is 0. The highest BCUT2D eigenvalue weighted by atomic mass is 16.5. The number of Topliss-reactive ketones (excluding diaryl/α,β-unsaturated/α-hetero) is 1. The molecular weight excluding hydrogens is 260 g/mol. The lowest BCUT2D eigenvalue weighted by molar-refractivity contribution is 0.0992. The molecular formula is C19H22O2. The molecule has 21 heavy (non-hydrogen) atoms. The summed E-state index contributed by atoms with van der Waals surface area (Å²) in [5.41, 5.74) is 4.24. The van der Waals surface area contributed by atoms with Crippen molar-refractivity contribution >= 4 is 5.78 Å². The number of benzene rings is 2. The van der Waals surface area contributed by atoms with E-state index >= 15 is 0 Å². The third-order valence-corrected chi connectivity index (χ3v) is 3.56. The summed E-state index contributed by atoms with van der Waals surface area (Å²) in [6.45, 7) is 6.89. The molecule has 0 aliphatic heterocycles. The maximum atomic E-state index is 12.4. The first-order valence-electron chi connectivity index (χ1n) is 7.42. The fourth-order valence-corrected chi connectivity index (χ4v) is 2.18. The van der Waals surface area contributed by atoms with Crippen LogP contribution in [0, 0.1) is 13.8 Å². The molecule has 0 bridgehead atoms. The Morgan fingerprint density at radius 1 is 1.05 bits per heavy atom. The van der Waals surface area contributed by atoms with Crippen molar-refractivity contribution in [2.24, 2.45) is 0 Å². The molecule has 0 atom stereocenters. The summed E-state index contributed by atoms with van der Waals surface area (Å²) < 4.78 is 5.58. The van der Waals surface area contributed by atoms with Crippen LogP contribution in [0.25, 0.3) is 0 Å². The van der Waals surface area contributed by atoms with Crippen LogP contribution in [0.5, 0.6) is 5.75 Å². The molecule has 0 aromatic heterocycles. The Morgan fingerprint density at radius 2 is 1.86 bits per heavy atom. The van der Waals surface area contributed by atoms with Gasteiger partial charge >= 0.3 is 0 Å². The highest BCUT2D eigenvalue weighted by Crippen LogP contribution is 2.17. The molecule has 2 heteroatoms. The van der Waals surface area contributed by atoms with Gasteiger partial charge in [-0.1, -0.05) is 37.3 Å². The van der Waals surface area contributed by atoms with Crippen molar-refractivity contribution in [1.82, 2.24) is 0 Å². The molecule has 0 saturated carbocycles. The van der Waals surface area contributed by atoms with Crippen molar-refractivity contribution in [2.75, 3.05) is 6.61 Å². The van der Waals surface area contributed by atoms with Gasteiger partial charge in [0.2, 0.25) is 0 Å². The van der Waals surface area contributed by atoms with Gasteiger partial charge in [0.05, 0.1) is 6.61 Å². The highest BCUT2D eigenvalue weighted by Gasteiger charge is 2.09. The molecule has 2 nitrogen and oxygen atoms in total. The second-order valence-electron chi connectivity index (χ2n) is 5.39. The predicted molar refractivity (Wildman–Crippen MR) is 86.2 cm³/mol. The van der Waals surface area contributed by atoms with Gasteiger partial charge in [0.1, 0.15) is 5.75 Å². The summed E-state index contributed by atoms with van der Waals surface area (Å²) in [5, 5.41) is 0. The van der Waals surface area contributed by atoms with E-state index in [2.05, 4.69) is 32.9 Å². The van der Waals surface area contributed by atoms with E-state index in [9.17, 15) is 4.79 Å². The minimum absolute atomic E-state index is 0.125. The van der Waals surface area contributed by atoms with Gasteiger partial charge in [0.15, 0.2) is 5.78 Å². The van der Waals surface area contributed by atoms with Crippen molar-refractivity contribution in [3.8, 4) is 5.75 Å². The molecule has 2 rings (SSSR count). The Balaban J connectivity index is 2.10. The molecule has 110 valence electrons. The monoisotopic (exact) mass is 282 g/mol. The molecule has 0 spiro atoms. The topological polar surface area (TPSA) is 26.3 Å². The molecule has 0 saturated heterocycles. The van der Waals surface area contributed by atoms with Crippen LogP contribution in [-0.2, 0) is 6.42 Å². The Kier molecular flexibility index (Phi) is 5.15. The zero-order valence-corrected chi connectivity index (χ0v) is 13.0. The van der Waals surface area contributed by atoms with Gasteiger partial charge in [-0.3, -0.25) is 4.79 Å². The molecule has 0 N–H and O–H groups in total. The quantitative estimate of drug-likeness (QED) is 0.728. The van der Waals surface area contributed by atoms with Gasteiger partial charge in [0.25, 0.3) is 0 Å². The first kappa shape index (κ1) is 15.3. The SMILES string of the molecule is CCCOc1cccc(C(=O)Cc2ccc(C)c(C)c2)c1. The minimum Gasteiger partial charge on any atom is -0.494 e. The van der Waals surface area contributed by atoms with Crippen molar-refractivity contribution < 1.29 is 9.53 Å². The lowest BCUT2D eigenvalue weighted by Gasteiger charge is -2.08. The van der Waals surface area contributed by atoms with E-state index < -0.39 is 0 Å². The number of hydrogen-bond acceptors (Lipinski definition) is 2. The summed E-state index contributed by atoms with van der Waals surface area (Å²) in [4.78, 5) is 12.4. The van der Waals surface area contributed by atoms with Crippen LogP contribution in [0.15, 0.2) is 42.5 Å². The van der Waals surface area contributed by atoms with Crippen LogP contribution in [0.4, 0.5) is 0 Å². The van der Waals surface area contributed by atoms with Gasteiger partial charge in [0, 0.05) is 12.0 Å². The number of ketones is 1. The molecule has 2 aromatic carbocycles. The van der Waals surface area contributed by atoms with E-state index in [4.69, 9.17) is 4.74 Å². The molecule has 0 amide bonds. The normalized spacial score (nSPS) is 10.4. The molecule has 0 unspecified atom stereocenters. The summed E-state index contributed by atoms with van der Waals surface area (Å²) >= 11 is 0. The Labute approximate surface area is 126 Å². The predicted octanol–water partition coefficient (Wildman–Crippen LogP) is 4.52. The molecule has 0 aliphatic rings. The standard InChI is InChI=1S/C19H22O2/c1-4-10-21-18-7-5-6-17(13-18)19(20)12-16-9-8-14(2)15(3)11-16/h5-9,11,13H,4,10,12H2,1-3H3. The average molecular weight is 282 g/mol. The number of carbonyl (C=O) groups excluding carboxylic acids is 1. The van der Waals surface area contributed by atoms with Crippen molar-refractivity contribution in [2.45, 2.75) is 33.6 Å². The Hall–Kier alpha value is -2.09. The number of aryl methyl sites for hydroxylation is 2. The molecule has 0 heterocycles. The molecule has 2 aromatic rings. The van der Waals surface area contributed by atoms with Crippen molar-refractivity contribution in [3.05, 3.63) is 64.7 Å². The Bertz CT molecular complexity index is 629. The van der Waals surface area contributed by atoms with Gasteiger partial charge in [-0.2, -0.15) is 0 Å². The smallest absolute Gasteiger partial charge is 0.167 e. The zero-order valence-electron chi connectivity index (χ0n) is 13.0. The van der Waals surface area contributed by atoms with Crippen molar-refractivity contribution in [3.63, 3.8) is 0 Å². The van der Waals surface area contributed by atoms with Gasteiger partial charge in [-0.25, -0.2) is 0 Å². The number of carbonyl (C=O) groups is 1. The zero-order chi connectivity index (χ0) is 15.2. The third kappa shape index (κ3) is 4.19. The summed E-state index contributed by atoms with van der Waals surface area (Å²) in [6, 6.07) is 13.6. The molecule has 0 fully saturated rings. The van der Waals surface area contributed by atoms with Crippen LogP contribution >= 0.6 is 0 Å². The number of ether oxygens (including phenoxy) is 1. The van der Waals surface area contributed by atoms with Gasteiger partial charge in [-0.05, 0) is 49.1 Å². The van der Waals surface area contributed by atoms with Crippen LogP contribution in [0.1, 0.15) is 40.4 Å². The first-order valence-corrected chi connectivity index (χ1v) is 7.42. The van der Waals surface area contributed by atoms with E-state index in [0.29, 0.717) is 18.6 Å². The molecule has 0 aliphatic carbocycles.